The summed E-state index contributed by atoms with van der Waals surface area (Å²) >= 11 is 0. The predicted molar refractivity (Wildman–Crippen MR) is 143 cm³/mol. The molecule has 0 aliphatic rings. The van der Waals surface area contributed by atoms with Gasteiger partial charge in [-0.15, -0.1) is 0 Å². The Morgan fingerprint density at radius 3 is 1.16 bits per heavy atom. The Balaban J connectivity index is 0.000000523. The molecule has 0 heterocycles. The van der Waals surface area contributed by atoms with Crippen molar-refractivity contribution in [3.8, 4) is 0 Å². The van der Waals surface area contributed by atoms with Crippen LogP contribution in [0.5, 0.6) is 0 Å². The summed E-state index contributed by atoms with van der Waals surface area (Å²) in [5.41, 5.74) is 2.70. The van der Waals surface area contributed by atoms with Crippen molar-refractivity contribution in [2.45, 2.75) is 13.1 Å². The van der Waals surface area contributed by atoms with Crippen LogP contribution < -0.4 is 15.9 Å². The summed E-state index contributed by atoms with van der Waals surface area (Å²) in [4.78, 5) is 0. The molecular weight excluding hydrogens is 541 g/mol. The fourth-order valence-corrected chi connectivity index (χ4v) is 7.98. The summed E-state index contributed by atoms with van der Waals surface area (Å²) in [5.74, 6) is 0. The maximum atomic E-state index is 4.95. The van der Waals surface area contributed by atoms with Crippen LogP contribution in [-0.2, 0) is 15.4 Å². The molecule has 4 rings (SSSR count). The van der Waals surface area contributed by atoms with Crippen LogP contribution in [0, 0.1) is 6.92 Å². The third kappa shape index (κ3) is 7.24. The van der Waals surface area contributed by atoms with Gasteiger partial charge in [-0.1, -0.05) is 84.4 Å². The average Bonchev–Trinajstić information content (AvgIpc) is 2.79. The molecule has 0 saturated carbocycles. The molecule has 4 aromatic rings. The molecule has 4 aromatic carbocycles. The Labute approximate surface area is 211 Å². The molecule has 0 fully saturated rings. The molecule has 0 spiro atoms. The number of halogens is 4. The minimum atomic E-state index is -2.61. The van der Waals surface area contributed by atoms with E-state index in [1.165, 1.54) is 27.0 Å². The van der Waals surface area contributed by atoms with Crippen molar-refractivity contribution in [2.24, 2.45) is 0 Å². The molecule has 0 radical (unpaired) electrons. The fourth-order valence-electron chi connectivity index (χ4n) is 3.74. The van der Waals surface area contributed by atoms with Crippen LogP contribution in [0.15, 0.2) is 115 Å². The molecule has 0 aromatic heterocycles. The van der Waals surface area contributed by atoms with E-state index in [1.807, 2.05) is 0 Å². The molecule has 0 bridgehead atoms. The van der Waals surface area contributed by atoms with E-state index in [9.17, 15) is 0 Å². The Morgan fingerprint density at radius 2 is 0.844 bits per heavy atom. The van der Waals surface area contributed by atoms with Crippen molar-refractivity contribution >= 4 is 63.6 Å². The van der Waals surface area contributed by atoms with Crippen LogP contribution in [0.3, 0.4) is 0 Å². The van der Waals surface area contributed by atoms with Crippen molar-refractivity contribution < 1.29 is 9.20 Å². The molecular formula is C26H24Cl4FeP. The van der Waals surface area contributed by atoms with E-state index in [4.69, 9.17) is 40.4 Å². The van der Waals surface area contributed by atoms with E-state index in [1.54, 1.807) is 0 Å². The SMILES string of the molecule is Cc1ccc(C[P+](c2ccccc2)(c2ccccc2)c2ccccc2)cc1.[Cl][Fe-]([Cl])([Cl])[Cl]. The van der Waals surface area contributed by atoms with Crippen LogP contribution >= 0.6 is 47.7 Å². The molecule has 0 nitrogen and oxygen atoms in total. The summed E-state index contributed by atoms with van der Waals surface area (Å²) in [6.07, 6.45) is 1.03. The Bertz CT molecular complexity index is 981. The van der Waals surface area contributed by atoms with Crippen LogP contribution in [0.4, 0.5) is 0 Å². The summed E-state index contributed by atoms with van der Waals surface area (Å²) < 4.78 is 0. The van der Waals surface area contributed by atoms with E-state index in [0.717, 1.165) is 6.16 Å². The zero-order valence-electron chi connectivity index (χ0n) is 17.5. The van der Waals surface area contributed by atoms with Gasteiger partial charge < -0.3 is 0 Å². The number of rotatable bonds is 5. The topological polar surface area (TPSA) is 0 Å². The van der Waals surface area contributed by atoms with Gasteiger partial charge in [-0.25, -0.2) is 0 Å². The first-order valence-corrected chi connectivity index (χ1v) is 18.0. The van der Waals surface area contributed by atoms with Gasteiger partial charge in [0.1, 0.15) is 23.2 Å². The first-order valence-electron chi connectivity index (χ1n) is 9.93. The van der Waals surface area contributed by atoms with Gasteiger partial charge in [-0.05, 0) is 48.9 Å². The molecule has 0 amide bonds. The molecule has 0 N–H and O–H groups in total. The number of hydrogen-bond acceptors (Lipinski definition) is 0. The zero-order chi connectivity index (χ0) is 23.0. The third-order valence-electron chi connectivity index (χ3n) is 5.13. The Kier molecular flexibility index (Phi) is 9.54. The monoisotopic (exact) mass is 563 g/mol. The quantitative estimate of drug-likeness (QED) is 0.169. The van der Waals surface area contributed by atoms with E-state index in [0.29, 0.717) is 0 Å². The summed E-state index contributed by atoms with van der Waals surface area (Å²) in [5, 5.41) is 4.30. The zero-order valence-corrected chi connectivity index (χ0v) is 22.5. The van der Waals surface area contributed by atoms with Gasteiger partial charge in [0.15, 0.2) is 0 Å². The average molecular weight is 565 g/mol. The van der Waals surface area contributed by atoms with E-state index >= 15 is 0 Å². The van der Waals surface area contributed by atoms with Gasteiger partial charge >= 0.3 is 49.6 Å². The van der Waals surface area contributed by atoms with Crippen molar-refractivity contribution in [1.82, 2.24) is 0 Å². The van der Waals surface area contributed by atoms with Gasteiger partial charge in [0.25, 0.3) is 0 Å². The van der Waals surface area contributed by atoms with Crippen LogP contribution in [0.2, 0.25) is 0 Å². The van der Waals surface area contributed by atoms with Crippen LogP contribution in [0.1, 0.15) is 11.1 Å². The molecule has 169 valence electrons. The Morgan fingerprint density at radius 1 is 0.531 bits per heavy atom. The maximum absolute atomic E-state index is 4.95. The first-order chi connectivity index (χ1) is 15.3. The van der Waals surface area contributed by atoms with Crippen LogP contribution in [0.25, 0.3) is 0 Å². The normalized spacial score (nSPS) is 11.9. The standard InChI is InChI=1S/C26H24P.4ClH.Fe/c1-22-17-19-23(20-18-22)21-27(24-11-5-2-6-12-24,25-13-7-3-8-14-25)26-15-9-4-10-16-26;;;;;/h2-20H,21H2,1H3;4*1H;/q+1;;;;;+3/p-4. The van der Waals surface area contributed by atoms with Gasteiger partial charge in [0, 0.05) is 0 Å². The molecule has 0 saturated heterocycles. The van der Waals surface area contributed by atoms with E-state index in [-0.39, 0.29) is 0 Å². The van der Waals surface area contributed by atoms with Gasteiger partial charge in [-0.2, -0.15) is 0 Å². The Hall–Kier alpha value is -1.01. The summed E-state index contributed by atoms with van der Waals surface area (Å²) in [6.45, 7) is 2.15. The number of hydrogen-bond donors (Lipinski definition) is 0. The predicted octanol–water partition coefficient (Wildman–Crippen LogP) is 8.24. The first kappa shape index (κ1) is 25.6. The van der Waals surface area contributed by atoms with Crippen molar-refractivity contribution in [2.75, 3.05) is 0 Å². The van der Waals surface area contributed by atoms with Gasteiger partial charge in [-0.3, -0.25) is 0 Å². The third-order valence-corrected chi connectivity index (χ3v) is 9.51. The second kappa shape index (κ2) is 11.9. The molecule has 0 unspecified atom stereocenters. The van der Waals surface area contributed by atoms with Gasteiger partial charge in [0.05, 0.1) is 6.16 Å². The fraction of sp³-hybridized carbons (Fsp3) is 0.0769. The second-order valence-corrected chi connectivity index (χ2v) is 21.7. The second-order valence-electron chi connectivity index (χ2n) is 7.26. The van der Waals surface area contributed by atoms with Crippen molar-refractivity contribution in [3.63, 3.8) is 0 Å². The molecule has 0 aliphatic carbocycles. The van der Waals surface area contributed by atoms with Crippen molar-refractivity contribution in [3.05, 3.63) is 126 Å². The van der Waals surface area contributed by atoms with Crippen LogP contribution in [-0.4, -0.2) is 0 Å². The van der Waals surface area contributed by atoms with E-state index in [2.05, 4.69) is 122 Å². The van der Waals surface area contributed by atoms with E-state index < -0.39 is 16.5 Å². The number of aryl methyl sites for hydroxylation is 1. The van der Waals surface area contributed by atoms with Crippen molar-refractivity contribution in [1.29, 1.82) is 0 Å². The molecule has 32 heavy (non-hydrogen) atoms. The minimum absolute atomic E-state index is 1.03. The number of benzene rings is 4. The molecule has 6 heteroatoms. The van der Waals surface area contributed by atoms with Gasteiger partial charge in [0.2, 0.25) is 0 Å². The summed E-state index contributed by atoms with van der Waals surface area (Å²) in [7, 11) is 15.4. The molecule has 0 atom stereocenters. The molecule has 0 aliphatic heterocycles. The summed E-state index contributed by atoms with van der Waals surface area (Å²) in [6, 6.07) is 42.2.